The molecule has 3 aromatic rings. The van der Waals surface area contributed by atoms with Gasteiger partial charge in [-0.05, 0) is 54.7 Å². The number of carbonyl (C=O) groups excluding carboxylic acids is 1. The molecule has 1 aliphatic carbocycles. The SMILES string of the molecule is O=C(O)[C@H]1CCCC[C@H]1C(=O)Nc1ccc2c(=O)n3c(nc2c1)/C(=C/c1ccccc1)CC3. The van der Waals surface area contributed by atoms with Gasteiger partial charge in [0.25, 0.3) is 5.56 Å². The maximum atomic E-state index is 13.1. The van der Waals surface area contributed by atoms with Crippen LogP contribution in [0.3, 0.4) is 0 Å². The van der Waals surface area contributed by atoms with Crippen LogP contribution in [0.15, 0.2) is 53.3 Å². The number of allylic oxidation sites excluding steroid dienone is 1. The number of fused-ring (bicyclic) bond motifs is 2. The summed E-state index contributed by atoms with van der Waals surface area (Å²) in [5.74, 6) is -1.76. The number of carboxylic acid groups (broad SMARTS) is 1. The number of hydrogen-bond acceptors (Lipinski definition) is 4. The van der Waals surface area contributed by atoms with Crippen LogP contribution in [-0.4, -0.2) is 26.5 Å². The molecule has 168 valence electrons. The summed E-state index contributed by atoms with van der Waals surface area (Å²) in [6.45, 7) is 0.590. The van der Waals surface area contributed by atoms with Crippen LogP contribution in [0.25, 0.3) is 22.6 Å². The van der Waals surface area contributed by atoms with Gasteiger partial charge in [0, 0.05) is 12.2 Å². The fraction of sp³-hybridized carbons (Fsp3) is 0.308. The van der Waals surface area contributed by atoms with E-state index in [2.05, 4.69) is 11.4 Å². The standard InChI is InChI=1S/C26H25N3O4/c30-24(19-8-4-5-9-20(19)26(32)33)27-18-10-11-21-22(15-18)28-23-17(12-13-29(23)25(21)31)14-16-6-2-1-3-7-16/h1-3,6-7,10-11,14-15,19-20H,4-5,8-9,12-13H2,(H,27,30)(H,32,33)/b17-14+/t19-,20+/m1/s1. The molecule has 1 fully saturated rings. The lowest BCUT2D eigenvalue weighted by atomic mass is 9.78. The van der Waals surface area contributed by atoms with E-state index in [1.54, 1.807) is 22.8 Å². The average molecular weight is 444 g/mol. The number of benzene rings is 2. The third-order valence-electron chi connectivity index (χ3n) is 6.68. The first-order chi connectivity index (χ1) is 16.0. The van der Waals surface area contributed by atoms with Crippen LogP contribution in [0.4, 0.5) is 5.69 Å². The maximum absolute atomic E-state index is 13.1. The first-order valence-corrected chi connectivity index (χ1v) is 11.4. The second-order valence-electron chi connectivity index (χ2n) is 8.78. The third-order valence-corrected chi connectivity index (χ3v) is 6.68. The molecule has 1 amide bonds. The smallest absolute Gasteiger partial charge is 0.307 e. The molecule has 2 aromatic carbocycles. The number of amides is 1. The van der Waals surface area contributed by atoms with Gasteiger partial charge in [-0.1, -0.05) is 43.2 Å². The molecule has 0 bridgehead atoms. The Hall–Kier alpha value is -3.74. The van der Waals surface area contributed by atoms with Crippen molar-refractivity contribution in [1.82, 2.24) is 9.55 Å². The molecule has 1 aromatic heterocycles. The van der Waals surface area contributed by atoms with E-state index in [4.69, 9.17) is 4.98 Å². The molecule has 0 saturated heterocycles. The van der Waals surface area contributed by atoms with E-state index in [9.17, 15) is 19.5 Å². The minimum atomic E-state index is -0.920. The van der Waals surface area contributed by atoms with Gasteiger partial charge < -0.3 is 10.4 Å². The van der Waals surface area contributed by atoms with Gasteiger partial charge in [0.1, 0.15) is 5.82 Å². The minimum absolute atomic E-state index is 0.0949. The highest BCUT2D eigenvalue weighted by Gasteiger charge is 2.35. The van der Waals surface area contributed by atoms with E-state index in [-0.39, 0.29) is 11.5 Å². The summed E-state index contributed by atoms with van der Waals surface area (Å²) in [5, 5.41) is 12.8. The lowest BCUT2D eigenvalue weighted by Gasteiger charge is -2.27. The lowest BCUT2D eigenvalue weighted by molar-refractivity contribution is -0.147. The van der Waals surface area contributed by atoms with E-state index < -0.39 is 17.8 Å². The summed E-state index contributed by atoms with van der Waals surface area (Å²) in [6, 6.07) is 15.0. The Balaban J connectivity index is 1.47. The van der Waals surface area contributed by atoms with Crippen molar-refractivity contribution in [2.24, 2.45) is 11.8 Å². The predicted octanol–water partition coefficient (Wildman–Crippen LogP) is 4.17. The monoisotopic (exact) mass is 443 g/mol. The molecule has 2 heterocycles. The Bertz CT molecular complexity index is 1330. The Morgan fingerprint density at radius 1 is 1.06 bits per heavy atom. The van der Waals surface area contributed by atoms with Crippen LogP contribution in [0.1, 0.15) is 43.5 Å². The number of aliphatic carboxylic acids is 1. The molecule has 1 aliphatic heterocycles. The molecule has 0 radical (unpaired) electrons. The topological polar surface area (TPSA) is 101 Å². The van der Waals surface area contributed by atoms with Crippen LogP contribution in [-0.2, 0) is 16.1 Å². The molecular formula is C26H25N3O4. The van der Waals surface area contributed by atoms with Gasteiger partial charge in [0.15, 0.2) is 0 Å². The largest absolute Gasteiger partial charge is 0.481 e. The molecule has 0 spiro atoms. The summed E-state index contributed by atoms with van der Waals surface area (Å²) < 4.78 is 1.70. The highest BCUT2D eigenvalue weighted by atomic mass is 16.4. The van der Waals surface area contributed by atoms with E-state index in [0.717, 1.165) is 30.4 Å². The third kappa shape index (κ3) is 4.06. The maximum Gasteiger partial charge on any atom is 0.307 e. The zero-order valence-electron chi connectivity index (χ0n) is 18.2. The number of anilines is 1. The van der Waals surface area contributed by atoms with Crippen molar-refractivity contribution < 1.29 is 14.7 Å². The van der Waals surface area contributed by atoms with Crippen molar-refractivity contribution in [3.05, 3.63) is 70.3 Å². The van der Waals surface area contributed by atoms with Crippen molar-refractivity contribution in [1.29, 1.82) is 0 Å². The molecular weight excluding hydrogens is 418 g/mol. The van der Waals surface area contributed by atoms with Crippen LogP contribution in [0.2, 0.25) is 0 Å². The molecule has 5 rings (SSSR count). The summed E-state index contributed by atoms with van der Waals surface area (Å²) in [7, 11) is 0. The average Bonchev–Trinajstić information content (AvgIpc) is 3.22. The van der Waals surface area contributed by atoms with Gasteiger partial charge in [-0.3, -0.25) is 19.0 Å². The van der Waals surface area contributed by atoms with E-state index in [1.807, 2.05) is 30.3 Å². The van der Waals surface area contributed by atoms with Gasteiger partial charge >= 0.3 is 5.97 Å². The number of carbonyl (C=O) groups is 2. The molecule has 7 nitrogen and oxygen atoms in total. The van der Waals surface area contributed by atoms with Gasteiger partial charge in [0.2, 0.25) is 5.91 Å². The fourth-order valence-corrected chi connectivity index (χ4v) is 4.96. The molecule has 0 unspecified atom stereocenters. The van der Waals surface area contributed by atoms with Gasteiger partial charge in [-0.25, -0.2) is 4.98 Å². The molecule has 33 heavy (non-hydrogen) atoms. The van der Waals surface area contributed by atoms with Crippen molar-refractivity contribution in [2.75, 3.05) is 5.32 Å². The number of rotatable bonds is 4. The number of nitrogens with zero attached hydrogens (tertiary/aromatic N) is 2. The second kappa shape index (κ2) is 8.65. The normalized spacial score (nSPS) is 21.2. The van der Waals surface area contributed by atoms with Crippen LogP contribution in [0.5, 0.6) is 0 Å². The van der Waals surface area contributed by atoms with Gasteiger partial charge in [-0.15, -0.1) is 0 Å². The number of aromatic nitrogens is 2. The van der Waals surface area contributed by atoms with Crippen LogP contribution < -0.4 is 10.9 Å². The molecule has 7 heteroatoms. The lowest BCUT2D eigenvalue weighted by Crippen LogP contribution is -2.36. The fourth-order valence-electron chi connectivity index (χ4n) is 4.96. The summed E-state index contributed by atoms with van der Waals surface area (Å²) in [6.07, 6.45) is 5.55. The van der Waals surface area contributed by atoms with Crippen molar-refractivity contribution in [2.45, 2.75) is 38.6 Å². The quantitative estimate of drug-likeness (QED) is 0.630. The molecule has 1 saturated carbocycles. The highest BCUT2D eigenvalue weighted by molar-refractivity contribution is 5.97. The highest BCUT2D eigenvalue weighted by Crippen LogP contribution is 2.32. The van der Waals surface area contributed by atoms with Crippen LogP contribution >= 0.6 is 0 Å². The van der Waals surface area contributed by atoms with E-state index in [1.165, 1.54) is 0 Å². The first-order valence-electron chi connectivity index (χ1n) is 11.4. The van der Waals surface area contributed by atoms with E-state index >= 15 is 0 Å². The summed E-state index contributed by atoms with van der Waals surface area (Å²) >= 11 is 0. The number of hydrogen-bond donors (Lipinski definition) is 2. The molecule has 2 N–H and O–H groups in total. The zero-order valence-corrected chi connectivity index (χ0v) is 18.2. The number of carboxylic acids is 1. The number of nitrogens with one attached hydrogen (secondary N) is 1. The Labute approximate surface area is 190 Å². The summed E-state index contributed by atoms with van der Waals surface area (Å²) in [4.78, 5) is 42.3. The molecule has 2 aliphatic rings. The van der Waals surface area contributed by atoms with Crippen LogP contribution in [0, 0.1) is 11.8 Å². The van der Waals surface area contributed by atoms with Gasteiger partial charge in [0.05, 0.1) is 22.7 Å². The van der Waals surface area contributed by atoms with Gasteiger partial charge in [-0.2, -0.15) is 0 Å². The predicted molar refractivity (Wildman–Crippen MR) is 127 cm³/mol. The second-order valence-corrected chi connectivity index (χ2v) is 8.78. The van der Waals surface area contributed by atoms with E-state index in [0.29, 0.717) is 41.8 Å². The molecule has 2 atom stereocenters. The Morgan fingerprint density at radius 2 is 1.82 bits per heavy atom. The zero-order chi connectivity index (χ0) is 22.9. The minimum Gasteiger partial charge on any atom is -0.481 e. The van der Waals surface area contributed by atoms with Crippen molar-refractivity contribution in [3.63, 3.8) is 0 Å². The first kappa shape index (κ1) is 21.1. The van der Waals surface area contributed by atoms with Crippen molar-refractivity contribution >= 4 is 40.1 Å². The Kier molecular flexibility index (Phi) is 5.54. The van der Waals surface area contributed by atoms with Crippen molar-refractivity contribution in [3.8, 4) is 0 Å². The summed E-state index contributed by atoms with van der Waals surface area (Å²) in [5.41, 5.74) is 2.99. The Morgan fingerprint density at radius 3 is 2.58 bits per heavy atom.